The van der Waals surface area contributed by atoms with Crippen molar-refractivity contribution in [2.45, 2.75) is 13.2 Å². The lowest BCUT2D eigenvalue weighted by molar-refractivity contribution is 0.0941. The Morgan fingerprint density at radius 2 is 1.86 bits per heavy atom. The molecule has 0 spiro atoms. The second kappa shape index (κ2) is 7.00. The van der Waals surface area contributed by atoms with E-state index in [0.717, 1.165) is 12.1 Å². The molecule has 1 amide bonds. The van der Waals surface area contributed by atoms with Crippen molar-refractivity contribution in [3.63, 3.8) is 0 Å². The number of aliphatic hydroxyl groups excluding tert-OH is 1. The summed E-state index contributed by atoms with van der Waals surface area (Å²) in [7, 11) is 1.23. The average molecular weight is 307 g/mol. The molecule has 2 N–H and O–H groups in total. The molecule has 0 bridgehead atoms. The Balaban J connectivity index is 2.20. The third kappa shape index (κ3) is 3.23. The minimum absolute atomic E-state index is 0.0473. The smallest absolute Gasteiger partial charge is 0.257 e. The number of halogens is 2. The third-order valence-corrected chi connectivity index (χ3v) is 3.23. The van der Waals surface area contributed by atoms with Gasteiger partial charge in [-0.2, -0.15) is 0 Å². The van der Waals surface area contributed by atoms with Crippen molar-refractivity contribution in [2.24, 2.45) is 0 Å². The van der Waals surface area contributed by atoms with Crippen molar-refractivity contribution in [1.29, 1.82) is 0 Å². The number of rotatable bonds is 5. The molecule has 0 atom stereocenters. The molecule has 2 aromatic rings. The highest BCUT2D eigenvalue weighted by atomic mass is 19.1. The molecule has 2 rings (SSSR count). The zero-order valence-electron chi connectivity index (χ0n) is 11.9. The Labute approximate surface area is 126 Å². The van der Waals surface area contributed by atoms with Gasteiger partial charge in [0.05, 0.1) is 13.7 Å². The molecule has 0 aliphatic rings. The normalized spacial score (nSPS) is 10.4. The third-order valence-electron chi connectivity index (χ3n) is 3.23. The van der Waals surface area contributed by atoms with Crippen molar-refractivity contribution in [3.05, 3.63) is 64.7 Å². The number of nitrogens with one attached hydrogen (secondary N) is 1. The van der Waals surface area contributed by atoms with E-state index < -0.39 is 23.1 Å². The summed E-state index contributed by atoms with van der Waals surface area (Å²) >= 11 is 0. The number of ether oxygens (including phenoxy) is 1. The minimum Gasteiger partial charge on any atom is -0.494 e. The summed E-state index contributed by atoms with van der Waals surface area (Å²) in [4.78, 5) is 12.0. The summed E-state index contributed by atoms with van der Waals surface area (Å²) in [6.45, 7) is -0.139. The van der Waals surface area contributed by atoms with Crippen LogP contribution in [0.1, 0.15) is 21.5 Å². The molecule has 0 fully saturated rings. The van der Waals surface area contributed by atoms with Crippen LogP contribution in [0.15, 0.2) is 36.4 Å². The predicted octanol–water partition coefficient (Wildman–Crippen LogP) is 2.40. The SMILES string of the molecule is COc1ccc(F)c(C(=O)NCc2ccccc2CO)c1F. The van der Waals surface area contributed by atoms with Crippen LogP contribution >= 0.6 is 0 Å². The highest BCUT2D eigenvalue weighted by Crippen LogP contribution is 2.23. The van der Waals surface area contributed by atoms with E-state index in [4.69, 9.17) is 4.74 Å². The van der Waals surface area contributed by atoms with Crippen molar-refractivity contribution in [3.8, 4) is 5.75 Å². The van der Waals surface area contributed by atoms with Gasteiger partial charge in [-0.05, 0) is 23.3 Å². The van der Waals surface area contributed by atoms with Crippen LogP contribution in [0.3, 0.4) is 0 Å². The van der Waals surface area contributed by atoms with Gasteiger partial charge < -0.3 is 15.2 Å². The van der Waals surface area contributed by atoms with Crippen molar-refractivity contribution in [2.75, 3.05) is 7.11 Å². The maximum absolute atomic E-state index is 14.0. The lowest BCUT2D eigenvalue weighted by Gasteiger charge is -2.11. The van der Waals surface area contributed by atoms with E-state index in [0.29, 0.717) is 11.1 Å². The molecule has 0 unspecified atom stereocenters. The van der Waals surface area contributed by atoms with Gasteiger partial charge in [0.25, 0.3) is 5.91 Å². The van der Waals surface area contributed by atoms with Gasteiger partial charge in [0, 0.05) is 6.54 Å². The van der Waals surface area contributed by atoms with Gasteiger partial charge in [0.1, 0.15) is 11.4 Å². The van der Waals surface area contributed by atoms with Crippen LogP contribution in [-0.4, -0.2) is 18.1 Å². The molecule has 0 saturated carbocycles. The molecule has 4 nitrogen and oxygen atoms in total. The maximum atomic E-state index is 14.0. The highest BCUT2D eigenvalue weighted by molar-refractivity contribution is 5.95. The summed E-state index contributed by atoms with van der Waals surface area (Å²) in [5.74, 6) is -3.11. The number of aliphatic hydroxyl groups is 1. The molecule has 0 saturated heterocycles. The number of hydrogen-bond donors (Lipinski definition) is 2. The molecule has 0 aliphatic carbocycles. The van der Waals surface area contributed by atoms with Crippen LogP contribution in [0, 0.1) is 11.6 Å². The summed E-state index contributed by atoms with van der Waals surface area (Å²) in [5.41, 5.74) is 0.609. The predicted molar refractivity (Wildman–Crippen MR) is 76.4 cm³/mol. The molecule has 0 aliphatic heterocycles. The van der Waals surface area contributed by atoms with Gasteiger partial charge >= 0.3 is 0 Å². The van der Waals surface area contributed by atoms with Gasteiger partial charge in [0.15, 0.2) is 11.6 Å². The van der Waals surface area contributed by atoms with Gasteiger partial charge in [-0.1, -0.05) is 24.3 Å². The largest absolute Gasteiger partial charge is 0.494 e. The fourth-order valence-corrected chi connectivity index (χ4v) is 2.05. The van der Waals surface area contributed by atoms with E-state index in [2.05, 4.69) is 5.32 Å². The molecule has 116 valence electrons. The molecule has 2 aromatic carbocycles. The van der Waals surface area contributed by atoms with Crippen LogP contribution in [0.4, 0.5) is 8.78 Å². The quantitative estimate of drug-likeness (QED) is 0.892. The topological polar surface area (TPSA) is 58.6 Å². The molecule has 0 heterocycles. The van der Waals surface area contributed by atoms with E-state index in [1.54, 1.807) is 24.3 Å². The molecular formula is C16H15F2NO3. The number of methoxy groups -OCH3 is 1. The second-order valence-electron chi connectivity index (χ2n) is 4.55. The van der Waals surface area contributed by atoms with E-state index >= 15 is 0 Å². The van der Waals surface area contributed by atoms with Gasteiger partial charge in [0.2, 0.25) is 0 Å². The van der Waals surface area contributed by atoms with Crippen LogP contribution in [0.5, 0.6) is 5.75 Å². The fraction of sp³-hybridized carbons (Fsp3) is 0.188. The maximum Gasteiger partial charge on any atom is 0.257 e. The van der Waals surface area contributed by atoms with Gasteiger partial charge in [-0.3, -0.25) is 4.79 Å². The zero-order chi connectivity index (χ0) is 16.1. The Hall–Kier alpha value is -2.47. The number of benzene rings is 2. The van der Waals surface area contributed by atoms with E-state index in [1.165, 1.54) is 7.11 Å². The van der Waals surface area contributed by atoms with Crippen LogP contribution in [0.25, 0.3) is 0 Å². The first-order valence-electron chi connectivity index (χ1n) is 6.56. The summed E-state index contributed by atoms with van der Waals surface area (Å²) in [5, 5.41) is 11.6. The van der Waals surface area contributed by atoms with Crippen LogP contribution in [0.2, 0.25) is 0 Å². The first-order valence-corrected chi connectivity index (χ1v) is 6.56. The standard InChI is InChI=1S/C16H15F2NO3/c1-22-13-7-6-12(17)14(15(13)18)16(21)19-8-10-4-2-3-5-11(10)9-20/h2-7,20H,8-9H2,1H3,(H,19,21). The molecule has 0 radical (unpaired) electrons. The summed E-state index contributed by atoms with van der Waals surface area (Å²) in [6.07, 6.45) is 0. The highest BCUT2D eigenvalue weighted by Gasteiger charge is 2.21. The molecule has 22 heavy (non-hydrogen) atoms. The van der Waals surface area contributed by atoms with Crippen LogP contribution < -0.4 is 10.1 Å². The number of carbonyl (C=O) groups is 1. The number of carbonyl (C=O) groups excluding carboxylic acids is 1. The Kier molecular flexibility index (Phi) is 5.06. The Morgan fingerprint density at radius 1 is 1.18 bits per heavy atom. The van der Waals surface area contributed by atoms with Crippen molar-refractivity contribution < 1.29 is 23.4 Å². The second-order valence-corrected chi connectivity index (χ2v) is 4.55. The summed E-state index contributed by atoms with van der Waals surface area (Å²) < 4.78 is 32.4. The minimum atomic E-state index is -1.05. The monoisotopic (exact) mass is 307 g/mol. The van der Waals surface area contributed by atoms with Crippen molar-refractivity contribution in [1.82, 2.24) is 5.32 Å². The van der Waals surface area contributed by atoms with Gasteiger partial charge in [-0.15, -0.1) is 0 Å². The number of hydrogen-bond acceptors (Lipinski definition) is 3. The molecule has 0 aromatic heterocycles. The van der Waals surface area contributed by atoms with Crippen molar-refractivity contribution >= 4 is 5.91 Å². The van der Waals surface area contributed by atoms with E-state index in [9.17, 15) is 18.7 Å². The van der Waals surface area contributed by atoms with Crippen LogP contribution in [-0.2, 0) is 13.2 Å². The Morgan fingerprint density at radius 3 is 2.50 bits per heavy atom. The summed E-state index contributed by atoms with van der Waals surface area (Å²) in [6, 6.07) is 8.99. The number of amides is 1. The molecule has 6 heteroatoms. The zero-order valence-corrected chi connectivity index (χ0v) is 11.9. The van der Waals surface area contributed by atoms with Gasteiger partial charge in [-0.25, -0.2) is 8.78 Å². The Bertz CT molecular complexity index is 689. The molecular weight excluding hydrogens is 292 g/mol. The first-order chi connectivity index (χ1) is 10.6. The fourth-order valence-electron chi connectivity index (χ4n) is 2.05. The average Bonchev–Trinajstić information content (AvgIpc) is 2.53. The van der Waals surface area contributed by atoms with E-state index in [-0.39, 0.29) is 18.9 Å². The van der Waals surface area contributed by atoms with E-state index in [1.807, 2.05) is 0 Å². The lowest BCUT2D eigenvalue weighted by Crippen LogP contribution is -2.25. The lowest BCUT2D eigenvalue weighted by atomic mass is 10.1. The first kappa shape index (κ1) is 15.9.